The third kappa shape index (κ3) is 8.98. The van der Waals surface area contributed by atoms with E-state index in [1.165, 1.54) is 32.1 Å². The second-order valence-electron chi connectivity index (χ2n) is 8.09. The van der Waals surface area contributed by atoms with Crippen molar-refractivity contribution in [1.82, 2.24) is 15.5 Å². The predicted molar refractivity (Wildman–Crippen MR) is 148 cm³/mol. The molecule has 2 amide bonds. The second kappa shape index (κ2) is 16.0. The molecule has 0 aliphatic heterocycles. The van der Waals surface area contributed by atoms with Crippen LogP contribution in [0, 0.1) is 17.5 Å². The van der Waals surface area contributed by atoms with Crippen LogP contribution in [0.2, 0.25) is 0 Å². The SMILES string of the molecule is CC.CCN/C(C(=O)N(C)CC=Nc1cc(C(=O)NC)ccc1NC)=C(/C)CC(=O)c1c(F)cc(F)cc1F. The van der Waals surface area contributed by atoms with E-state index < -0.39 is 41.1 Å². The first kappa shape index (κ1) is 32.9. The molecule has 39 heavy (non-hydrogen) atoms. The van der Waals surface area contributed by atoms with E-state index in [1.807, 2.05) is 13.8 Å². The third-order valence-corrected chi connectivity index (χ3v) is 5.39. The number of Topliss-reactive ketones (excluding diaryl/α,β-unsaturated/α-hetero) is 1. The molecule has 2 rings (SSSR count). The van der Waals surface area contributed by atoms with Gasteiger partial charge in [0.15, 0.2) is 5.78 Å². The van der Waals surface area contributed by atoms with Crippen molar-refractivity contribution < 1.29 is 27.6 Å². The minimum Gasteiger partial charge on any atom is -0.386 e. The fraction of sp³-hybridized carbons (Fsp3) is 0.357. The Morgan fingerprint density at radius 1 is 1.03 bits per heavy atom. The highest BCUT2D eigenvalue weighted by Crippen LogP contribution is 2.26. The number of carbonyl (C=O) groups is 3. The molecular weight excluding hydrogens is 511 g/mol. The van der Waals surface area contributed by atoms with Crippen LogP contribution in [0.5, 0.6) is 0 Å². The van der Waals surface area contributed by atoms with Crippen molar-refractivity contribution in [1.29, 1.82) is 0 Å². The molecule has 0 bridgehead atoms. The van der Waals surface area contributed by atoms with Crippen LogP contribution in [0.3, 0.4) is 0 Å². The summed E-state index contributed by atoms with van der Waals surface area (Å²) in [4.78, 5) is 43.3. The maximum atomic E-state index is 14.0. The summed E-state index contributed by atoms with van der Waals surface area (Å²) in [5, 5.41) is 8.43. The maximum Gasteiger partial charge on any atom is 0.269 e. The van der Waals surface area contributed by atoms with E-state index in [2.05, 4.69) is 20.9 Å². The zero-order valence-corrected chi connectivity index (χ0v) is 23.3. The van der Waals surface area contributed by atoms with Crippen molar-refractivity contribution >= 4 is 35.2 Å². The van der Waals surface area contributed by atoms with Gasteiger partial charge in [-0.3, -0.25) is 19.4 Å². The monoisotopic (exact) mass is 547 g/mol. The molecule has 0 saturated heterocycles. The molecule has 0 radical (unpaired) electrons. The Morgan fingerprint density at radius 2 is 1.64 bits per heavy atom. The standard InChI is InChI=1S/C26H30F3N5O3.C2H6/c1-6-32-24(15(2)11-22(35)23-18(28)13-17(27)14-19(23)29)26(37)34(5)10-9-33-21-12-16(25(36)31-4)7-8-20(21)30-3;1-2/h7-9,12-14,30,32H,6,10-11H2,1-5H3,(H,31,36);1-2H3/b24-15-,33-9?;. The Bertz CT molecular complexity index is 1220. The molecule has 212 valence electrons. The lowest BCUT2D eigenvalue weighted by atomic mass is 10.0. The van der Waals surface area contributed by atoms with E-state index in [0.717, 1.165) is 0 Å². The molecule has 2 aromatic rings. The molecule has 0 aliphatic rings. The molecule has 0 unspecified atom stereocenters. The summed E-state index contributed by atoms with van der Waals surface area (Å²) in [6.45, 7) is 7.69. The lowest BCUT2D eigenvalue weighted by Gasteiger charge is -2.20. The van der Waals surface area contributed by atoms with Crippen molar-refractivity contribution in [2.24, 2.45) is 4.99 Å². The molecule has 0 aromatic heterocycles. The number of halogens is 3. The number of allylic oxidation sites excluding steroid dienone is 1. The zero-order valence-electron chi connectivity index (χ0n) is 23.3. The molecular formula is C28H36F3N5O3. The van der Waals surface area contributed by atoms with Gasteiger partial charge in [-0.15, -0.1) is 0 Å². The Kier molecular flexibility index (Phi) is 13.4. The van der Waals surface area contributed by atoms with Crippen LogP contribution in [0.25, 0.3) is 0 Å². The van der Waals surface area contributed by atoms with Gasteiger partial charge in [-0.25, -0.2) is 13.2 Å². The first-order valence-corrected chi connectivity index (χ1v) is 12.5. The number of rotatable bonds is 11. The first-order chi connectivity index (χ1) is 18.5. The number of benzene rings is 2. The molecule has 0 saturated carbocycles. The highest BCUT2D eigenvalue weighted by Gasteiger charge is 2.23. The number of nitrogens with one attached hydrogen (secondary N) is 3. The van der Waals surface area contributed by atoms with Crippen molar-refractivity contribution in [3.05, 3.63) is 70.2 Å². The molecule has 0 fully saturated rings. The molecule has 0 aliphatic carbocycles. The van der Waals surface area contributed by atoms with Crippen molar-refractivity contribution in [3.8, 4) is 0 Å². The fourth-order valence-corrected chi connectivity index (χ4v) is 3.48. The summed E-state index contributed by atoms with van der Waals surface area (Å²) in [5.74, 6) is -5.39. The molecule has 11 heteroatoms. The molecule has 0 atom stereocenters. The zero-order chi connectivity index (χ0) is 29.7. The van der Waals surface area contributed by atoms with Crippen LogP contribution in [-0.2, 0) is 4.79 Å². The molecule has 0 heterocycles. The van der Waals surface area contributed by atoms with Crippen LogP contribution in [0.1, 0.15) is 54.8 Å². The van der Waals surface area contributed by atoms with Gasteiger partial charge in [0, 0.05) is 58.0 Å². The maximum absolute atomic E-state index is 14.0. The van der Waals surface area contributed by atoms with Crippen LogP contribution in [0.15, 0.2) is 46.6 Å². The van der Waals surface area contributed by atoms with Gasteiger partial charge in [-0.2, -0.15) is 0 Å². The number of ketones is 1. The first-order valence-electron chi connectivity index (χ1n) is 12.5. The van der Waals surface area contributed by atoms with Gasteiger partial charge in [0.1, 0.15) is 17.5 Å². The largest absolute Gasteiger partial charge is 0.386 e. The Balaban J connectivity index is 0.00000371. The second-order valence-corrected chi connectivity index (χ2v) is 8.09. The van der Waals surface area contributed by atoms with Gasteiger partial charge < -0.3 is 20.9 Å². The van der Waals surface area contributed by atoms with Gasteiger partial charge in [-0.05, 0) is 37.6 Å². The summed E-state index contributed by atoms with van der Waals surface area (Å²) < 4.78 is 41.2. The number of hydrogen-bond donors (Lipinski definition) is 3. The quantitative estimate of drug-likeness (QED) is 0.212. The minimum absolute atomic E-state index is 0.0868. The summed E-state index contributed by atoms with van der Waals surface area (Å²) >= 11 is 0. The van der Waals surface area contributed by atoms with Gasteiger partial charge in [0.25, 0.3) is 11.8 Å². The number of nitrogens with zero attached hydrogens (tertiary/aromatic N) is 2. The normalized spacial score (nSPS) is 11.2. The number of hydrogen-bond acceptors (Lipinski definition) is 6. The van der Waals surface area contributed by atoms with Crippen molar-refractivity contribution in [3.63, 3.8) is 0 Å². The van der Waals surface area contributed by atoms with Crippen LogP contribution >= 0.6 is 0 Å². The van der Waals surface area contributed by atoms with Crippen molar-refractivity contribution in [2.75, 3.05) is 39.5 Å². The molecule has 3 N–H and O–H groups in total. The average molecular weight is 548 g/mol. The van der Waals surface area contributed by atoms with E-state index in [1.54, 1.807) is 32.2 Å². The Hall–Kier alpha value is -4.15. The fourth-order valence-electron chi connectivity index (χ4n) is 3.48. The number of amides is 2. The third-order valence-electron chi connectivity index (χ3n) is 5.39. The van der Waals surface area contributed by atoms with Crippen LogP contribution in [0.4, 0.5) is 24.5 Å². The number of aliphatic imine (C=N–C) groups is 1. The summed E-state index contributed by atoms with van der Waals surface area (Å²) in [5.41, 5.74) is 1.11. The van der Waals surface area contributed by atoms with Gasteiger partial charge in [0.05, 0.1) is 29.2 Å². The average Bonchev–Trinajstić information content (AvgIpc) is 2.91. The van der Waals surface area contributed by atoms with Gasteiger partial charge in [0.2, 0.25) is 0 Å². The van der Waals surface area contributed by atoms with Gasteiger partial charge >= 0.3 is 0 Å². The highest BCUT2D eigenvalue weighted by atomic mass is 19.1. The van der Waals surface area contributed by atoms with Crippen LogP contribution < -0.4 is 16.0 Å². The van der Waals surface area contributed by atoms with E-state index in [-0.39, 0.29) is 23.7 Å². The molecule has 2 aromatic carbocycles. The highest BCUT2D eigenvalue weighted by molar-refractivity contribution is 6.00. The van der Waals surface area contributed by atoms with Crippen molar-refractivity contribution in [2.45, 2.75) is 34.1 Å². The Labute approximate surface area is 227 Å². The molecule has 0 spiro atoms. The number of likely N-dealkylation sites (N-methyl/N-ethyl adjacent to an activating group) is 2. The summed E-state index contributed by atoms with van der Waals surface area (Å²) in [7, 11) is 4.76. The van der Waals surface area contributed by atoms with Gasteiger partial charge in [-0.1, -0.05) is 13.8 Å². The van der Waals surface area contributed by atoms with E-state index in [9.17, 15) is 27.6 Å². The molecule has 8 nitrogen and oxygen atoms in total. The van der Waals surface area contributed by atoms with Crippen LogP contribution in [-0.4, -0.2) is 62.9 Å². The minimum atomic E-state index is -1.30. The number of carbonyl (C=O) groups excluding carboxylic acids is 3. The summed E-state index contributed by atoms with van der Waals surface area (Å²) in [6.07, 6.45) is 1.04. The van der Waals surface area contributed by atoms with E-state index in [4.69, 9.17) is 0 Å². The lowest BCUT2D eigenvalue weighted by molar-refractivity contribution is -0.125. The summed E-state index contributed by atoms with van der Waals surface area (Å²) in [6, 6.07) is 5.84. The lowest BCUT2D eigenvalue weighted by Crippen LogP contribution is -2.35. The Morgan fingerprint density at radius 3 is 2.18 bits per heavy atom. The smallest absolute Gasteiger partial charge is 0.269 e. The topological polar surface area (TPSA) is 103 Å². The van der Waals surface area contributed by atoms with E-state index >= 15 is 0 Å². The van der Waals surface area contributed by atoms with E-state index in [0.29, 0.717) is 35.6 Å². The predicted octanol–water partition coefficient (Wildman–Crippen LogP) is 4.85. The number of anilines is 1.